The Morgan fingerprint density at radius 1 is 1.41 bits per heavy atom. The van der Waals surface area contributed by atoms with E-state index in [1.807, 2.05) is 0 Å². The van der Waals surface area contributed by atoms with E-state index in [-0.39, 0.29) is 0 Å². The third kappa shape index (κ3) is 6.05. The minimum absolute atomic E-state index is 0.342. The molecule has 1 aliphatic rings. The summed E-state index contributed by atoms with van der Waals surface area (Å²) in [5, 5.41) is 3.49. The maximum atomic E-state index is 5.77. The third-order valence-electron chi connectivity index (χ3n) is 3.37. The summed E-state index contributed by atoms with van der Waals surface area (Å²) in [6.45, 7) is 11.7. The Labute approximate surface area is 111 Å². The van der Waals surface area contributed by atoms with Crippen molar-refractivity contribution in [3.8, 4) is 0 Å². The molecule has 0 aliphatic carbocycles. The number of hydrogen-bond acceptors (Lipinski definition) is 3. The van der Waals surface area contributed by atoms with Gasteiger partial charge in [0.1, 0.15) is 0 Å². The molecule has 1 aliphatic heterocycles. The molecule has 0 spiro atoms. The summed E-state index contributed by atoms with van der Waals surface area (Å²) < 4.78 is 5.77. The van der Waals surface area contributed by atoms with Gasteiger partial charge < -0.3 is 10.1 Å². The van der Waals surface area contributed by atoms with Crippen LogP contribution in [0, 0.1) is 5.92 Å². The van der Waals surface area contributed by atoms with Crippen LogP contribution in [0.5, 0.6) is 0 Å². The van der Waals surface area contributed by atoms with Crippen LogP contribution in [0.15, 0.2) is 0 Å². The quantitative estimate of drug-likeness (QED) is 0.710. The Kier molecular flexibility index (Phi) is 7.44. The van der Waals surface area contributed by atoms with Crippen LogP contribution in [0.2, 0.25) is 0 Å². The number of alkyl halides is 1. The van der Waals surface area contributed by atoms with E-state index in [1.165, 1.54) is 0 Å². The second kappa shape index (κ2) is 8.30. The second-order valence-electron chi connectivity index (χ2n) is 5.32. The lowest BCUT2D eigenvalue weighted by atomic mass is 10.1. The molecular formula is C13H27ClN2O. The molecule has 1 fully saturated rings. The van der Waals surface area contributed by atoms with Crippen LogP contribution in [0.25, 0.3) is 0 Å². The molecule has 0 amide bonds. The van der Waals surface area contributed by atoms with Crippen molar-refractivity contribution in [2.45, 2.75) is 39.3 Å². The van der Waals surface area contributed by atoms with E-state index in [0.717, 1.165) is 45.1 Å². The van der Waals surface area contributed by atoms with Gasteiger partial charge in [-0.2, -0.15) is 0 Å². The monoisotopic (exact) mass is 262 g/mol. The van der Waals surface area contributed by atoms with Crippen molar-refractivity contribution in [1.82, 2.24) is 10.2 Å². The van der Waals surface area contributed by atoms with Crippen LogP contribution in [0.1, 0.15) is 27.2 Å². The van der Waals surface area contributed by atoms with Gasteiger partial charge in [-0.05, 0) is 32.7 Å². The molecule has 4 heteroatoms. The van der Waals surface area contributed by atoms with Gasteiger partial charge in [-0.3, -0.25) is 4.90 Å². The molecule has 0 aromatic heterocycles. The molecule has 2 unspecified atom stereocenters. The molecular weight excluding hydrogens is 236 g/mol. The summed E-state index contributed by atoms with van der Waals surface area (Å²) >= 11 is 5.72. The van der Waals surface area contributed by atoms with Gasteiger partial charge in [0.2, 0.25) is 0 Å². The van der Waals surface area contributed by atoms with E-state index in [1.54, 1.807) is 0 Å². The van der Waals surface area contributed by atoms with Crippen LogP contribution in [-0.2, 0) is 4.74 Å². The number of hydrogen-bond donors (Lipinski definition) is 1. The largest absolute Gasteiger partial charge is 0.374 e. The Morgan fingerprint density at radius 3 is 2.82 bits per heavy atom. The molecule has 3 nitrogen and oxygen atoms in total. The molecule has 0 saturated carbocycles. The minimum Gasteiger partial charge on any atom is -0.374 e. The first-order valence-corrected chi connectivity index (χ1v) is 7.29. The van der Waals surface area contributed by atoms with E-state index >= 15 is 0 Å². The van der Waals surface area contributed by atoms with Crippen molar-refractivity contribution in [2.24, 2.45) is 5.92 Å². The maximum Gasteiger partial charge on any atom is 0.0826 e. The van der Waals surface area contributed by atoms with Crippen molar-refractivity contribution in [3.05, 3.63) is 0 Å². The van der Waals surface area contributed by atoms with Crippen LogP contribution >= 0.6 is 11.6 Å². The van der Waals surface area contributed by atoms with Crippen LogP contribution < -0.4 is 5.32 Å². The number of nitrogens with zero attached hydrogens (tertiary/aromatic N) is 1. The zero-order chi connectivity index (χ0) is 12.7. The molecule has 1 rings (SSSR count). The molecule has 0 bridgehead atoms. The van der Waals surface area contributed by atoms with Gasteiger partial charge in [-0.25, -0.2) is 0 Å². The maximum absolute atomic E-state index is 5.77. The summed E-state index contributed by atoms with van der Waals surface area (Å²) in [6, 6.07) is 0.622. The fraction of sp³-hybridized carbons (Fsp3) is 1.00. The van der Waals surface area contributed by atoms with E-state index in [2.05, 4.69) is 31.0 Å². The molecule has 1 saturated heterocycles. The number of nitrogens with one attached hydrogen (secondary N) is 1. The SMILES string of the molecule is CC(CCCl)CNCC1CN(C(C)C)CCO1. The minimum atomic E-state index is 0.342. The fourth-order valence-corrected chi connectivity index (χ4v) is 2.49. The van der Waals surface area contributed by atoms with Gasteiger partial charge in [0.05, 0.1) is 12.7 Å². The van der Waals surface area contributed by atoms with Crippen molar-refractivity contribution in [2.75, 3.05) is 38.7 Å². The number of rotatable bonds is 7. The van der Waals surface area contributed by atoms with Gasteiger partial charge >= 0.3 is 0 Å². The lowest BCUT2D eigenvalue weighted by Gasteiger charge is -2.35. The van der Waals surface area contributed by atoms with Crippen molar-refractivity contribution in [1.29, 1.82) is 0 Å². The number of morpholine rings is 1. The zero-order valence-electron chi connectivity index (χ0n) is 11.4. The lowest BCUT2D eigenvalue weighted by Crippen LogP contribution is -2.49. The highest BCUT2D eigenvalue weighted by atomic mass is 35.5. The van der Waals surface area contributed by atoms with Gasteiger partial charge in [0.25, 0.3) is 0 Å². The van der Waals surface area contributed by atoms with E-state index in [0.29, 0.717) is 18.1 Å². The Morgan fingerprint density at radius 2 is 2.18 bits per heavy atom. The van der Waals surface area contributed by atoms with Gasteiger partial charge in [0.15, 0.2) is 0 Å². The van der Waals surface area contributed by atoms with Crippen molar-refractivity contribution in [3.63, 3.8) is 0 Å². The first-order valence-electron chi connectivity index (χ1n) is 6.75. The molecule has 0 aromatic carbocycles. The summed E-state index contributed by atoms with van der Waals surface area (Å²) in [6.07, 6.45) is 1.42. The molecule has 0 aromatic rings. The highest BCUT2D eigenvalue weighted by molar-refractivity contribution is 6.17. The van der Waals surface area contributed by atoms with Gasteiger partial charge in [0, 0.05) is 31.6 Å². The van der Waals surface area contributed by atoms with E-state index in [9.17, 15) is 0 Å². The predicted octanol–water partition coefficient (Wildman–Crippen LogP) is 1.95. The summed E-state index contributed by atoms with van der Waals surface area (Å²) in [5.41, 5.74) is 0. The summed E-state index contributed by atoms with van der Waals surface area (Å²) in [4.78, 5) is 2.48. The molecule has 0 radical (unpaired) electrons. The molecule has 1 heterocycles. The average molecular weight is 263 g/mol. The van der Waals surface area contributed by atoms with Crippen LogP contribution in [0.3, 0.4) is 0 Å². The lowest BCUT2D eigenvalue weighted by molar-refractivity contribution is -0.0373. The standard InChI is InChI=1S/C13H27ClN2O/c1-11(2)16-6-7-17-13(10-16)9-15-8-12(3)4-5-14/h11-13,15H,4-10H2,1-3H3. The van der Waals surface area contributed by atoms with Gasteiger partial charge in [-0.15, -0.1) is 11.6 Å². The van der Waals surface area contributed by atoms with Crippen LogP contribution in [-0.4, -0.2) is 55.7 Å². The van der Waals surface area contributed by atoms with E-state index in [4.69, 9.17) is 16.3 Å². The Balaban J connectivity index is 2.14. The highest BCUT2D eigenvalue weighted by Crippen LogP contribution is 2.08. The molecule has 102 valence electrons. The van der Waals surface area contributed by atoms with Crippen LogP contribution in [0.4, 0.5) is 0 Å². The zero-order valence-corrected chi connectivity index (χ0v) is 12.2. The summed E-state index contributed by atoms with van der Waals surface area (Å²) in [7, 11) is 0. The average Bonchev–Trinajstić information content (AvgIpc) is 2.30. The molecule has 17 heavy (non-hydrogen) atoms. The summed E-state index contributed by atoms with van der Waals surface area (Å²) in [5.74, 6) is 1.40. The number of ether oxygens (including phenoxy) is 1. The second-order valence-corrected chi connectivity index (χ2v) is 5.70. The third-order valence-corrected chi connectivity index (χ3v) is 3.59. The first-order chi connectivity index (χ1) is 8.13. The fourth-order valence-electron chi connectivity index (χ4n) is 2.11. The molecule has 2 atom stereocenters. The Bertz CT molecular complexity index is 202. The van der Waals surface area contributed by atoms with Crippen molar-refractivity contribution >= 4 is 11.6 Å². The van der Waals surface area contributed by atoms with Crippen molar-refractivity contribution < 1.29 is 4.74 Å². The molecule has 1 N–H and O–H groups in total. The predicted molar refractivity (Wildman–Crippen MR) is 73.8 cm³/mol. The smallest absolute Gasteiger partial charge is 0.0826 e. The first kappa shape index (κ1) is 15.2. The number of halogens is 1. The normalized spacial score (nSPS) is 24.2. The topological polar surface area (TPSA) is 24.5 Å². The van der Waals surface area contributed by atoms with E-state index < -0.39 is 0 Å². The van der Waals surface area contributed by atoms with Gasteiger partial charge in [-0.1, -0.05) is 6.92 Å². The highest BCUT2D eigenvalue weighted by Gasteiger charge is 2.21. The Hall–Kier alpha value is 0.170.